The van der Waals surface area contributed by atoms with Gasteiger partial charge in [0.15, 0.2) is 5.16 Å². The van der Waals surface area contributed by atoms with Gasteiger partial charge in [-0.05, 0) is 39.3 Å². The molecule has 0 amide bonds. The van der Waals surface area contributed by atoms with Gasteiger partial charge in [-0.25, -0.2) is 9.97 Å². The van der Waals surface area contributed by atoms with Crippen LogP contribution in [0.5, 0.6) is 0 Å². The molecule has 0 bridgehead atoms. The maximum Gasteiger partial charge on any atom is 0.188 e. The Kier molecular flexibility index (Phi) is 7.28. The van der Waals surface area contributed by atoms with Gasteiger partial charge in [0.05, 0.1) is 0 Å². The van der Waals surface area contributed by atoms with Crippen LogP contribution in [0.1, 0.15) is 44.5 Å². The molecule has 1 rings (SSSR count). The lowest BCUT2D eigenvalue weighted by Crippen LogP contribution is -2.31. The summed E-state index contributed by atoms with van der Waals surface area (Å²) in [5, 5.41) is 4.50. The van der Waals surface area contributed by atoms with Crippen molar-refractivity contribution in [3.8, 4) is 0 Å². The molecule has 0 aromatic carbocycles. The number of nitrogens with zero attached hydrogens (tertiary/aromatic N) is 2. The van der Waals surface area contributed by atoms with Crippen LogP contribution in [0.25, 0.3) is 0 Å². The monoisotopic (exact) mass is 267 g/mol. The predicted octanol–water partition coefficient (Wildman–Crippen LogP) is 3.35. The van der Waals surface area contributed by atoms with E-state index in [0.717, 1.165) is 28.8 Å². The molecule has 1 N–H and O–H groups in total. The quantitative estimate of drug-likeness (QED) is 0.579. The van der Waals surface area contributed by atoms with Crippen molar-refractivity contribution in [2.45, 2.75) is 58.2 Å². The van der Waals surface area contributed by atoms with Crippen molar-refractivity contribution in [1.82, 2.24) is 15.3 Å². The molecule has 0 spiro atoms. The first kappa shape index (κ1) is 15.4. The van der Waals surface area contributed by atoms with Crippen LogP contribution in [0, 0.1) is 13.8 Å². The molecule has 0 fully saturated rings. The lowest BCUT2D eigenvalue weighted by Gasteiger charge is -2.16. The van der Waals surface area contributed by atoms with Gasteiger partial charge in [0.1, 0.15) is 0 Å². The van der Waals surface area contributed by atoms with E-state index in [4.69, 9.17) is 0 Å². The summed E-state index contributed by atoms with van der Waals surface area (Å²) in [6, 6.07) is 2.59. The van der Waals surface area contributed by atoms with Crippen LogP contribution < -0.4 is 5.32 Å². The van der Waals surface area contributed by atoms with Crippen LogP contribution in [0.4, 0.5) is 0 Å². The molecule has 4 heteroatoms. The van der Waals surface area contributed by atoms with Crippen molar-refractivity contribution < 1.29 is 0 Å². The second-order valence-corrected chi connectivity index (χ2v) is 5.67. The molecule has 0 saturated carbocycles. The maximum absolute atomic E-state index is 4.47. The summed E-state index contributed by atoms with van der Waals surface area (Å²) < 4.78 is 0. The highest BCUT2D eigenvalue weighted by Gasteiger charge is 2.09. The third-order valence-corrected chi connectivity index (χ3v) is 3.71. The fraction of sp³-hybridized carbons (Fsp3) is 0.714. The maximum atomic E-state index is 4.47. The number of nitrogens with one attached hydrogen (secondary N) is 1. The minimum absolute atomic E-state index is 0.573. The van der Waals surface area contributed by atoms with Crippen LogP contribution in [0.3, 0.4) is 0 Å². The van der Waals surface area contributed by atoms with Crippen LogP contribution >= 0.6 is 11.8 Å². The molecule has 0 radical (unpaired) electrons. The normalized spacial score (nSPS) is 12.7. The summed E-state index contributed by atoms with van der Waals surface area (Å²) in [5.74, 6) is 1.05. The molecule has 1 unspecified atom stereocenters. The van der Waals surface area contributed by atoms with E-state index in [1.54, 1.807) is 11.8 Å². The van der Waals surface area contributed by atoms with Gasteiger partial charge >= 0.3 is 0 Å². The number of rotatable bonds is 8. The Labute approximate surface area is 115 Å². The minimum Gasteiger partial charge on any atom is -0.313 e. The molecule has 0 aliphatic rings. The van der Waals surface area contributed by atoms with Crippen LogP contribution in [-0.4, -0.2) is 28.3 Å². The van der Waals surface area contributed by atoms with E-state index >= 15 is 0 Å². The van der Waals surface area contributed by atoms with E-state index < -0.39 is 0 Å². The highest BCUT2D eigenvalue weighted by Crippen LogP contribution is 2.16. The average molecular weight is 267 g/mol. The molecule has 0 aliphatic carbocycles. The molecule has 1 aromatic rings. The first-order valence-electron chi connectivity index (χ1n) is 6.84. The van der Waals surface area contributed by atoms with Gasteiger partial charge in [-0.1, -0.05) is 32.0 Å². The predicted molar refractivity (Wildman–Crippen MR) is 79.2 cm³/mol. The zero-order valence-electron chi connectivity index (χ0n) is 12.0. The van der Waals surface area contributed by atoms with Crippen molar-refractivity contribution in [2.75, 3.05) is 12.3 Å². The minimum atomic E-state index is 0.573. The molecule has 102 valence electrons. The summed E-state index contributed by atoms with van der Waals surface area (Å²) in [5.41, 5.74) is 2.11. The number of thioether (sulfide) groups is 1. The number of aromatic nitrogens is 2. The molecule has 1 aromatic heterocycles. The Morgan fingerprint density at radius 2 is 1.83 bits per heavy atom. The Balaban J connectivity index is 2.49. The highest BCUT2D eigenvalue weighted by molar-refractivity contribution is 7.99. The molecule has 0 aliphatic heterocycles. The Hall–Kier alpha value is -0.610. The zero-order valence-corrected chi connectivity index (χ0v) is 12.8. The molecule has 1 heterocycles. The SMILES string of the molecule is CCCNC(CCC)CSc1nc(C)cc(C)n1. The van der Waals surface area contributed by atoms with E-state index in [1.165, 1.54) is 19.3 Å². The van der Waals surface area contributed by atoms with E-state index in [0.29, 0.717) is 6.04 Å². The summed E-state index contributed by atoms with van der Waals surface area (Å²) in [4.78, 5) is 8.94. The van der Waals surface area contributed by atoms with Crippen LogP contribution in [0.2, 0.25) is 0 Å². The van der Waals surface area contributed by atoms with Crippen LogP contribution in [0.15, 0.2) is 11.2 Å². The van der Waals surface area contributed by atoms with Gasteiger partial charge in [0.2, 0.25) is 0 Å². The topological polar surface area (TPSA) is 37.8 Å². The molecule has 0 saturated heterocycles. The molecule has 18 heavy (non-hydrogen) atoms. The summed E-state index contributed by atoms with van der Waals surface area (Å²) in [7, 11) is 0. The molecular formula is C14H25N3S. The summed E-state index contributed by atoms with van der Waals surface area (Å²) in [6.45, 7) is 9.59. The lowest BCUT2D eigenvalue weighted by molar-refractivity contribution is 0.514. The second kappa shape index (κ2) is 8.48. The third kappa shape index (κ3) is 5.83. The summed E-state index contributed by atoms with van der Waals surface area (Å²) >= 11 is 1.76. The van der Waals surface area contributed by atoms with Crippen molar-refractivity contribution in [2.24, 2.45) is 0 Å². The van der Waals surface area contributed by atoms with E-state index in [-0.39, 0.29) is 0 Å². The largest absolute Gasteiger partial charge is 0.313 e. The second-order valence-electron chi connectivity index (χ2n) is 4.68. The van der Waals surface area contributed by atoms with Crippen molar-refractivity contribution in [3.63, 3.8) is 0 Å². The Morgan fingerprint density at radius 1 is 1.17 bits per heavy atom. The van der Waals surface area contributed by atoms with E-state index in [1.807, 2.05) is 19.9 Å². The first-order chi connectivity index (χ1) is 8.65. The van der Waals surface area contributed by atoms with E-state index in [9.17, 15) is 0 Å². The van der Waals surface area contributed by atoms with Crippen molar-refractivity contribution >= 4 is 11.8 Å². The van der Waals surface area contributed by atoms with Crippen molar-refractivity contribution in [1.29, 1.82) is 0 Å². The molecule has 1 atom stereocenters. The number of hydrogen-bond donors (Lipinski definition) is 1. The average Bonchev–Trinajstić information content (AvgIpc) is 2.31. The van der Waals surface area contributed by atoms with Crippen LogP contribution in [-0.2, 0) is 0 Å². The summed E-state index contributed by atoms with van der Waals surface area (Å²) in [6.07, 6.45) is 3.62. The van der Waals surface area contributed by atoms with Gasteiger partial charge in [-0.15, -0.1) is 0 Å². The lowest BCUT2D eigenvalue weighted by atomic mass is 10.2. The fourth-order valence-electron chi connectivity index (χ4n) is 1.87. The smallest absolute Gasteiger partial charge is 0.188 e. The van der Waals surface area contributed by atoms with Gasteiger partial charge < -0.3 is 5.32 Å². The number of aryl methyl sites for hydroxylation is 2. The van der Waals surface area contributed by atoms with Crippen molar-refractivity contribution in [3.05, 3.63) is 17.5 Å². The Morgan fingerprint density at radius 3 is 2.39 bits per heavy atom. The fourth-order valence-corrected chi connectivity index (χ4v) is 2.93. The molecule has 3 nitrogen and oxygen atoms in total. The zero-order chi connectivity index (χ0) is 13.4. The van der Waals surface area contributed by atoms with Gasteiger partial charge in [-0.2, -0.15) is 0 Å². The number of hydrogen-bond acceptors (Lipinski definition) is 4. The van der Waals surface area contributed by atoms with E-state index in [2.05, 4.69) is 29.1 Å². The van der Waals surface area contributed by atoms with Gasteiger partial charge in [-0.3, -0.25) is 0 Å². The standard InChI is InChI=1S/C14H25N3S/c1-5-7-13(15-8-6-2)10-18-14-16-11(3)9-12(4)17-14/h9,13,15H,5-8,10H2,1-4H3. The molecular weight excluding hydrogens is 242 g/mol. The van der Waals surface area contributed by atoms with Gasteiger partial charge in [0, 0.05) is 23.2 Å². The van der Waals surface area contributed by atoms with Gasteiger partial charge in [0.25, 0.3) is 0 Å². The highest BCUT2D eigenvalue weighted by atomic mass is 32.2. The first-order valence-corrected chi connectivity index (χ1v) is 7.82. The Bertz CT molecular complexity index is 335. The third-order valence-electron chi connectivity index (χ3n) is 2.70.